The van der Waals surface area contributed by atoms with Gasteiger partial charge in [0, 0.05) is 11.5 Å². The first-order valence-electron chi connectivity index (χ1n) is 3.73. The predicted octanol–water partition coefficient (Wildman–Crippen LogP) is 1.52. The van der Waals surface area contributed by atoms with Crippen LogP contribution in [0.1, 0.15) is 13.8 Å². The number of aliphatic carboxylic acids is 1. The van der Waals surface area contributed by atoms with Gasteiger partial charge in [-0.25, -0.2) is 0 Å². The summed E-state index contributed by atoms with van der Waals surface area (Å²) in [4.78, 5) is 10.3. The third-order valence-corrected chi connectivity index (χ3v) is 2.22. The molecule has 13 heavy (non-hydrogen) atoms. The number of hydrogen-bond donors (Lipinski definition) is 2. The standard InChI is InChI=1S/C8H15NO2S.ClH/c1-6(2)3-4-12-5-7(9)8(10)11;/h3,7H,4-5,9H2,1-2H3,(H,10,11);1H/t7-;/m0./s1. The Bertz CT molecular complexity index is 181. The van der Waals surface area contributed by atoms with E-state index in [4.69, 9.17) is 10.8 Å². The van der Waals surface area contributed by atoms with E-state index >= 15 is 0 Å². The topological polar surface area (TPSA) is 63.3 Å². The smallest absolute Gasteiger partial charge is 0.321 e. The number of carboxylic acid groups (broad SMARTS) is 1. The van der Waals surface area contributed by atoms with Crippen molar-refractivity contribution >= 4 is 30.1 Å². The molecule has 0 fully saturated rings. The van der Waals surface area contributed by atoms with Gasteiger partial charge in [0.05, 0.1) is 0 Å². The summed E-state index contributed by atoms with van der Waals surface area (Å²) in [5.74, 6) is 0.377. The number of rotatable bonds is 5. The van der Waals surface area contributed by atoms with Crippen molar-refractivity contribution in [2.75, 3.05) is 11.5 Å². The van der Waals surface area contributed by atoms with Crippen molar-refractivity contribution in [2.45, 2.75) is 19.9 Å². The van der Waals surface area contributed by atoms with Gasteiger partial charge in [-0.1, -0.05) is 11.6 Å². The zero-order valence-corrected chi connectivity index (χ0v) is 9.45. The van der Waals surface area contributed by atoms with E-state index in [1.54, 1.807) is 0 Å². The van der Waals surface area contributed by atoms with Gasteiger partial charge < -0.3 is 10.8 Å². The molecule has 0 spiro atoms. The molecule has 78 valence electrons. The third-order valence-electron chi connectivity index (χ3n) is 1.22. The van der Waals surface area contributed by atoms with Crippen molar-refractivity contribution in [3.05, 3.63) is 11.6 Å². The van der Waals surface area contributed by atoms with Crippen LogP contribution in [0.4, 0.5) is 0 Å². The van der Waals surface area contributed by atoms with Crippen LogP contribution >= 0.6 is 24.2 Å². The van der Waals surface area contributed by atoms with E-state index < -0.39 is 12.0 Å². The zero-order valence-electron chi connectivity index (χ0n) is 7.82. The molecule has 3 N–H and O–H groups in total. The molecule has 0 aromatic heterocycles. The number of allylic oxidation sites excluding steroid dienone is 1. The first-order chi connectivity index (χ1) is 5.54. The largest absolute Gasteiger partial charge is 0.480 e. The molecule has 0 heterocycles. The maximum absolute atomic E-state index is 10.3. The van der Waals surface area contributed by atoms with Crippen LogP contribution in [0.3, 0.4) is 0 Å². The number of thioether (sulfide) groups is 1. The molecule has 0 bridgehead atoms. The van der Waals surface area contributed by atoms with E-state index in [0.29, 0.717) is 5.75 Å². The monoisotopic (exact) mass is 225 g/mol. The van der Waals surface area contributed by atoms with Crippen molar-refractivity contribution in [3.8, 4) is 0 Å². The zero-order chi connectivity index (χ0) is 9.56. The lowest BCUT2D eigenvalue weighted by Gasteiger charge is -2.03. The van der Waals surface area contributed by atoms with Gasteiger partial charge in [0.15, 0.2) is 0 Å². The minimum absolute atomic E-state index is 0. The van der Waals surface area contributed by atoms with E-state index in [1.165, 1.54) is 17.3 Å². The van der Waals surface area contributed by atoms with E-state index in [9.17, 15) is 4.79 Å². The van der Waals surface area contributed by atoms with Crippen LogP contribution in [-0.4, -0.2) is 28.6 Å². The SMILES string of the molecule is CC(C)=CCSC[C@H](N)C(=O)O.Cl. The van der Waals surface area contributed by atoms with Crippen molar-refractivity contribution in [2.24, 2.45) is 5.73 Å². The lowest BCUT2D eigenvalue weighted by molar-refractivity contribution is -0.137. The third kappa shape index (κ3) is 9.73. The summed E-state index contributed by atoms with van der Waals surface area (Å²) in [6.07, 6.45) is 2.05. The Kier molecular flexibility index (Phi) is 9.89. The lowest BCUT2D eigenvalue weighted by atomic mass is 10.3. The predicted molar refractivity (Wildman–Crippen MR) is 59.6 cm³/mol. The van der Waals surface area contributed by atoms with Crippen LogP contribution in [0, 0.1) is 0 Å². The van der Waals surface area contributed by atoms with Crippen molar-refractivity contribution in [1.82, 2.24) is 0 Å². The molecule has 1 atom stereocenters. The van der Waals surface area contributed by atoms with Crippen LogP contribution in [-0.2, 0) is 4.79 Å². The van der Waals surface area contributed by atoms with E-state index in [-0.39, 0.29) is 12.4 Å². The van der Waals surface area contributed by atoms with Crippen LogP contribution in [0.15, 0.2) is 11.6 Å². The molecule has 5 heteroatoms. The molecule has 0 aromatic carbocycles. The normalized spacial score (nSPS) is 11.3. The summed E-state index contributed by atoms with van der Waals surface area (Å²) in [5.41, 5.74) is 6.53. The Labute approximate surface area is 89.2 Å². The Morgan fingerprint density at radius 1 is 1.62 bits per heavy atom. The second kappa shape index (κ2) is 8.41. The number of halogens is 1. The van der Waals surface area contributed by atoms with E-state index in [2.05, 4.69) is 6.08 Å². The Balaban J connectivity index is 0. The molecule has 0 unspecified atom stereocenters. The van der Waals surface area contributed by atoms with Gasteiger partial charge in [-0.3, -0.25) is 4.79 Å². The first kappa shape index (κ1) is 15.3. The van der Waals surface area contributed by atoms with Crippen molar-refractivity contribution in [1.29, 1.82) is 0 Å². The fraction of sp³-hybridized carbons (Fsp3) is 0.625. The molecule has 3 nitrogen and oxygen atoms in total. The van der Waals surface area contributed by atoms with Crippen LogP contribution in [0.2, 0.25) is 0 Å². The summed E-state index contributed by atoms with van der Waals surface area (Å²) in [5, 5.41) is 8.44. The minimum atomic E-state index is -0.931. The van der Waals surface area contributed by atoms with E-state index in [0.717, 1.165) is 5.75 Å². The molecule has 0 saturated heterocycles. The fourth-order valence-electron chi connectivity index (χ4n) is 0.492. The highest BCUT2D eigenvalue weighted by Crippen LogP contribution is 2.03. The van der Waals surface area contributed by atoms with Crippen molar-refractivity contribution < 1.29 is 9.90 Å². The maximum atomic E-state index is 10.3. The van der Waals surface area contributed by atoms with Gasteiger partial charge in [0.25, 0.3) is 0 Å². The van der Waals surface area contributed by atoms with Gasteiger partial charge in [-0.15, -0.1) is 12.4 Å². The van der Waals surface area contributed by atoms with Gasteiger partial charge >= 0.3 is 5.97 Å². The molecule has 0 saturated carbocycles. The highest BCUT2D eigenvalue weighted by Gasteiger charge is 2.09. The van der Waals surface area contributed by atoms with Crippen LogP contribution in [0.25, 0.3) is 0 Å². The number of hydrogen-bond acceptors (Lipinski definition) is 3. The summed E-state index contributed by atoms with van der Waals surface area (Å²) in [6.45, 7) is 4.02. The molecular formula is C8H16ClNO2S. The number of carbonyl (C=O) groups is 1. The van der Waals surface area contributed by atoms with Crippen molar-refractivity contribution in [3.63, 3.8) is 0 Å². The quantitative estimate of drug-likeness (QED) is 0.550. The van der Waals surface area contributed by atoms with Gasteiger partial charge in [0.1, 0.15) is 6.04 Å². The first-order valence-corrected chi connectivity index (χ1v) is 4.89. The molecule has 0 rings (SSSR count). The molecule has 0 aliphatic carbocycles. The summed E-state index contributed by atoms with van der Waals surface area (Å²) >= 11 is 1.54. The van der Waals surface area contributed by atoms with Gasteiger partial charge in [-0.2, -0.15) is 11.8 Å². The Morgan fingerprint density at radius 3 is 2.54 bits per heavy atom. The van der Waals surface area contributed by atoms with E-state index in [1.807, 2.05) is 13.8 Å². The summed E-state index contributed by atoms with van der Waals surface area (Å²) in [6, 6.07) is -0.736. The van der Waals surface area contributed by atoms with Crippen LogP contribution < -0.4 is 5.73 Å². The second-order valence-electron chi connectivity index (χ2n) is 2.76. The average Bonchev–Trinajstić information content (AvgIpc) is 1.97. The molecule has 0 aromatic rings. The minimum Gasteiger partial charge on any atom is -0.480 e. The summed E-state index contributed by atoms with van der Waals surface area (Å²) in [7, 11) is 0. The summed E-state index contributed by atoms with van der Waals surface area (Å²) < 4.78 is 0. The second-order valence-corrected chi connectivity index (χ2v) is 3.84. The fourth-order valence-corrected chi connectivity index (χ4v) is 1.48. The molecule has 0 aliphatic heterocycles. The molecular weight excluding hydrogens is 210 g/mol. The maximum Gasteiger partial charge on any atom is 0.321 e. The number of carboxylic acids is 1. The van der Waals surface area contributed by atoms with Gasteiger partial charge in [-0.05, 0) is 13.8 Å². The van der Waals surface area contributed by atoms with Crippen LogP contribution in [0.5, 0.6) is 0 Å². The molecule has 0 radical (unpaired) electrons. The average molecular weight is 226 g/mol. The highest BCUT2D eigenvalue weighted by molar-refractivity contribution is 7.99. The Hall–Kier alpha value is -0.190. The molecule has 0 aliphatic rings. The highest BCUT2D eigenvalue weighted by atomic mass is 35.5. The van der Waals surface area contributed by atoms with Gasteiger partial charge in [0.2, 0.25) is 0 Å². The lowest BCUT2D eigenvalue weighted by Crippen LogP contribution is -2.32. The number of nitrogens with two attached hydrogens (primary N) is 1. The molecule has 0 amide bonds. The Morgan fingerprint density at radius 2 is 2.15 bits per heavy atom.